The van der Waals surface area contributed by atoms with Crippen molar-refractivity contribution in [3.05, 3.63) is 53.5 Å². The zero-order chi connectivity index (χ0) is 14.4. The van der Waals surface area contributed by atoms with Gasteiger partial charge in [-0.3, -0.25) is 0 Å². The Bertz CT molecular complexity index is 572. The highest BCUT2D eigenvalue weighted by Gasteiger charge is 2.04. The number of aromatic nitrogens is 1. The van der Waals surface area contributed by atoms with Gasteiger partial charge in [0.2, 0.25) is 5.88 Å². The summed E-state index contributed by atoms with van der Waals surface area (Å²) in [6, 6.07) is 9.83. The van der Waals surface area contributed by atoms with Crippen LogP contribution in [0, 0.1) is 12.7 Å². The topological polar surface area (TPSA) is 34.1 Å². The van der Waals surface area contributed by atoms with E-state index in [4.69, 9.17) is 4.74 Å². The molecular formula is C16H19FN2O. The van der Waals surface area contributed by atoms with Crippen molar-refractivity contribution in [3.63, 3.8) is 0 Å². The van der Waals surface area contributed by atoms with Crippen LogP contribution < -0.4 is 10.1 Å². The number of pyridine rings is 1. The van der Waals surface area contributed by atoms with Crippen LogP contribution in [0.25, 0.3) is 0 Å². The van der Waals surface area contributed by atoms with E-state index in [-0.39, 0.29) is 5.82 Å². The molecule has 3 nitrogen and oxygen atoms in total. The van der Waals surface area contributed by atoms with Crippen LogP contribution in [0.1, 0.15) is 24.6 Å². The zero-order valence-electron chi connectivity index (χ0n) is 11.8. The normalized spacial score (nSPS) is 10.6. The molecule has 2 rings (SSSR count). The molecule has 0 saturated carbocycles. The first-order valence-electron chi connectivity index (χ1n) is 6.79. The summed E-state index contributed by atoms with van der Waals surface area (Å²) in [5, 5.41) is 3.34. The lowest BCUT2D eigenvalue weighted by molar-refractivity contribution is 0.456. The molecule has 1 N–H and O–H groups in total. The second-order valence-electron chi connectivity index (χ2n) is 4.63. The first-order valence-corrected chi connectivity index (χ1v) is 6.79. The minimum absolute atomic E-state index is 0.320. The number of nitrogens with one attached hydrogen (secondary N) is 1. The average Bonchev–Trinajstić information content (AvgIpc) is 2.41. The molecule has 0 radical (unpaired) electrons. The number of rotatable bonds is 6. The van der Waals surface area contributed by atoms with E-state index in [9.17, 15) is 4.39 Å². The molecule has 0 aliphatic rings. The molecule has 1 aromatic heterocycles. The van der Waals surface area contributed by atoms with Gasteiger partial charge in [-0.25, -0.2) is 9.37 Å². The summed E-state index contributed by atoms with van der Waals surface area (Å²) in [7, 11) is 0. The summed E-state index contributed by atoms with van der Waals surface area (Å²) < 4.78 is 18.6. The van der Waals surface area contributed by atoms with E-state index in [0.29, 0.717) is 11.6 Å². The SMILES string of the molecule is CCCNCc1ccc(Oc2cccc(F)c2)nc1C. The third-order valence-corrected chi connectivity index (χ3v) is 2.93. The fourth-order valence-electron chi connectivity index (χ4n) is 1.86. The predicted octanol–water partition coefficient (Wildman–Crippen LogP) is 3.82. The lowest BCUT2D eigenvalue weighted by Crippen LogP contribution is -2.15. The molecule has 0 unspecified atom stereocenters. The minimum Gasteiger partial charge on any atom is -0.439 e. The van der Waals surface area contributed by atoms with Gasteiger partial charge >= 0.3 is 0 Å². The molecule has 4 heteroatoms. The average molecular weight is 274 g/mol. The van der Waals surface area contributed by atoms with Gasteiger partial charge in [-0.2, -0.15) is 0 Å². The van der Waals surface area contributed by atoms with Crippen LogP contribution in [-0.4, -0.2) is 11.5 Å². The number of nitrogens with zero attached hydrogens (tertiary/aromatic N) is 1. The van der Waals surface area contributed by atoms with Crippen LogP contribution >= 0.6 is 0 Å². The minimum atomic E-state index is -0.320. The van der Waals surface area contributed by atoms with Crippen molar-refractivity contribution in [1.82, 2.24) is 10.3 Å². The lowest BCUT2D eigenvalue weighted by atomic mass is 10.2. The van der Waals surface area contributed by atoms with E-state index in [1.165, 1.54) is 12.1 Å². The quantitative estimate of drug-likeness (QED) is 0.813. The van der Waals surface area contributed by atoms with E-state index in [0.717, 1.165) is 30.8 Å². The molecule has 0 aliphatic heterocycles. The van der Waals surface area contributed by atoms with Gasteiger partial charge in [0.1, 0.15) is 11.6 Å². The highest BCUT2D eigenvalue weighted by atomic mass is 19.1. The Morgan fingerprint density at radius 3 is 2.80 bits per heavy atom. The van der Waals surface area contributed by atoms with Gasteiger partial charge in [0.05, 0.1) is 0 Å². The number of hydrogen-bond acceptors (Lipinski definition) is 3. The molecule has 20 heavy (non-hydrogen) atoms. The Balaban J connectivity index is 2.05. The van der Waals surface area contributed by atoms with Gasteiger partial charge in [-0.1, -0.05) is 19.1 Å². The highest BCUT2D eigenvalue weighted by molar-refractivity contribution is 5.30. The molecule has 0 aliphatic carbocycles. The molecule has 1 heterocycles. The molecule has 0 amide bonds. The standard InChI is InChI=1S/C16H19FN2O/c1-3-9-18-11-13-7-8-16(19-12(13)2)20-15-6-4-5-14(17)10-15/h4-8,10,18H,3,9,11H2,1-2H3. The molecule has 0 bridgehead atoms. The van der Waals surface area contributed by atoms with Gasteiger partial charge < -0.3 is 10.1 Å². The maximum atomic E-state index is 13.1. The molecule has 0 spiro atoms. The van der Waals surface area contributed by atoms with E-state index >= 15 is 0 Å². The van der Waals surface area contributed by atoms with E-state index < -0.39 is 0 Å². The van der Waals surface area contributed by atoms with Crippen molar-refractivity contribution in [1.29, 1.82) is 0 Å². The molecule has 0 saturated heterocycles. The van der Waals surface area contributed by atoms with Crippen LogP contribution in [-0.2, 0) is 6.54 Å². The van der Waals surface area contributed by atoms with Crippen molar-refractivity contribution in [3.8, 4) is 11.6 Å². The summed E-state index contributed by atoms with van der Waals surface area (Å²) in [5.74, 6) is 0.612. The van der Waals surface area contributed by atoms with Crippen molar-refractivity contribution in [2.75, 3.05) is 6.54 Å². The molecule has 0 fully saturated rings. The van der Waals surface area contributed by atoms with E-state index in [1.807, 2.05) is 13.0 Å². The van der Waals surface area contributed by atoms with E-state index in [2.05, 4.69) is 17.2 Å². The number of hydrogen-bond donors (Lipinski definition) is 1. The monoisotopic (exact) mass is 274 g/mol. The van der Waals surface area contributed by atoms with Gasteiger partial charge in [0.25, 0.3) is 0 Å². The largest absolute Gasteiger partial charge is 0.439 e. The molecule has 0 atom stereocenters. The third kappa shape index (κ3) is 4.03. The summed E-state index contributed by atoms with van der Waals surface area (Å²) in [6.07, 6.45) is 1.10. The first-order chi connectivity index (χ1) is 9.69. The van der Waals surface area contributed by atoms with Crippen molar-refractivity contribution in [2.24, 2.45) is 0 Å². The smallest absolute Gasteiger partial charge is 0.219 e. The van der Waals surface area contributed by atoms with Crippen molar-refractivity contribution < 1.29 is 9.13 Å². The Morgan fingerprint density at radius 2 is 2.10 bits per heavy atom. The summed E-state index contributed by atoms with van der Waals surface area (Å²) in [6.45, 7) is 5.86. The number of benzene rings is 1. The van der Waals surface area contributed by atoms with Gasteiger partial charge in [-0.05, 0) is 37.6 Å². The number of halogens is 1. The number of ether oxygens (including phenoxy) is 1. The Morgan fingerprint density at radius 1 is 1.25 bits per heavy atom. The lowest BCUT2D eigenvalue weighted by Gasteiger charge is -2.09. The summed E-state index contributed by atoms with van der Waals surface area (Å²) in [5.41, 5.74) is 2.06. The molecule has 106 valence electrons. The van der Waals surface area contributed by atoms with Crippen molar-refractivity contribution in [2.45, 2.75) is 26.8 Å². The van der Waals surface area contributed by atoms with Gasteiger partial charge in [0, 0.05) is 24.4 Å². The Labute approximate surface area is 118 Å². The predicted molar refractivity (Wildman–Crippen MR) is 77.4 cm³/mol. The van der Waals surface area contributed by atoms with Crippen LogP contribution in [0.5, 0.6) is 11.6 Å². The molecule has 1 aromatic carbocycles. The fourth-order valence-corrected chi connectivity index (χ4v) is 1.86. The van der Waals surface area contributed by atoms with Crippen LogP contribution in [0.15, 0.2) is 36.4 Å². The Kier molecular flexibility index (Phi) is 5.07. The highest BCUT2D eigenvalue weighted by Crippen LogP contribution is 2.21. The number of aryl methyl sites for hydroxylation is 1. The van der Waals surface area contributed by atoms with Crippen LogP contribution in [0.3, 0.4) is 0 Å². The molecular weight excluding hydrogens is 255 g/mol. The maximum absolute atomic E-state index is 13.1. The van der Waals surface area contributed by atoms with E-state index in [1.54, 1.807) is 18.2 Å². The third-order valence-electron chi connectivity index (χ3n) is 2.93. The zero-order valence-corrected chi connectivity index (χ0v) is 11.8. The Hall–Kier alpha value is -1.94. The van der Waals surface area contributed by atoms with Crippen LogP contribution in [0.2, 0.25) is 0 Å². The second-order valence-corrected chi connectivity index (χ2v) is 4.63. The van der Waals surface area contributed by atoms with Gasteiger partial charge in [0.15, 0.2) is 0 Å². The van der Waals surface area contributed by atoms with Crippen molar-refractivity contribution >= 4 is 0 Å². The maximum Gasteiger partial charge on any atom is 0.219 e. The molecule has 2 aromatic rings. The van der Waals surface area contributed by atoms with Gasteiger partial charge in [-0.15, -0.1) is 0 Å². The summed E-state index contributed by atoms with van der Waals surface area (Å²) >= 11 is 0. The fraction of sp³-hybridized carbons (Fsp3) is 0.312. The first kappa shape index (κ1) is 14.5. The second kappa shape index (κ2) is 7.01. The van der Waals surface area contributed by atoms with Crippen LogP contribution in [0.4, 0.5) is 4.39 Å². The summed E-state index contributed by atoms with van der Waals surface area (Å²) in [4.78, 5) is 4.39.